The Morgan fingerprint density at radius 1 is 1.33 bits per heavy atom. The van der Waals surface area contributed by atoms with Crippen molar-refractivity contribution in [3.63, 3.8) is 0 Å². The summed E-state index contributed by atoms with van der Waals surface area (Å²) in [4.78, 5) is 36.1. The van der Waals surface area contributed by atoms with Gasteiger partial charge in [0.25, 0.3) is 5.91 Å². The van der Waals surface area contributed by atoms with Crippen LogP contribution in [0.15, 0.2) is 22.9 Å². The Labute approximate surface area is 146 Å². The van der Waals surface area contributed by atoms with Gasteiger partial charge in [0.15, 0.2) is 6.61 Å². The number of rotatable bonds is 6. The van der Waals surface area contributed by atoms with E-state index in [9.17, 15) is 14.4 Å². The van der Waals surface area contributed by atoms with Crippen molar-refractivity contribution in [1.29, 1.82) is 0 Å². The highest BCUT2D eigenvalue weighted by Crippen LogP contribution is 2.38. The van der Waals surface area contributed by atoms with Crippen LogP contribution in [0.5, 0.6) is 0 Å². The summed E-state index contributed by atoms with van der Waals surface area (Å²) < 4.78 is 5.05. The third-order valence-electron chi connectivity index (χ3n) is 2.79. The van der Waals surface area contributed by atoms with Crippen LogP contribution in [-0.4, -0.2) is 30.9 Å². The molecule has 124 valence electrons. The van der Waals surface area contributed by atoms with Gasteiger partial charge in [-0.15, -0.1) is 29.1 Å². The molecule has 0 aliphatic heterocycles. The molecule has 0 aliphatic carbocycles. The highest BCUT2D eigenvalue weighted by Gasteiger charge is 2.23. The number of carbonyl (C=O) groups is 3. The summed E-state index contributed by atoms with van der Waals surface area (Å²) in [5.41, 5.74) is 0.898. The molecule has 2 rings (SSSR count). The molecule has 0 aromatic carbocycles. The molecule has 0 atom stereocenters. The molecule has 2 heterocycles. The van der Waals surface area contributed by atoms with E-state index in [-0.39, 0.29) is 18.0 Å². The number of anilines is 1. The lowest BCUT2D eigenvalue weighted by Crippen LogP contribution is -2.29. The molecule has 24 heavy (non-hydrogen) atoms. The first kappa shape index (κ1) is 17.7. The highest BCUT2D eigenvalue weighted by atomic mass is 32.1. The lowest BCUT2D eigenvalue weighted by Gasteiger charge is -2.08. The number of terminal acetylenes is 1. The summed E-state index contributed by atoms with van der Waals surface area (Å²) in [6, 6.07) is 3.72. The number of carbonyl (C=O) groups excluding carboxylic acids is 3. The predicted molar refractivity (Wildman–Crippen MR) is 94.1 cm³/mol. The molecule has 0 saturated heterocycles. The number of ether oxygens (including phenoxy) is 1. The summed E-state index contributed by atoms with van der Waals surface area (Å²) in [5, 5.41) is 9.06. The van der Waals surface area contributed by atoms with Gasteiger partial charge in [0.1, 0.15) is 10.6 Å². The van der Waals surface area contributed by atoms with Gasteiger partial charge in [-0.25, -0.2) is 4.79 Å². The molecule has 0 spiro atoms. The normalized spacial score (nSPS) is 9.83. The maximum absolute atomic E-state index is 12.4. The van der Waals surface area contributed by atoms with Gasteiger partial charge in [-0.2, -0.15) is 0 Å². The van der Waals surface area contributed by atoms with Crippen LogP contribution in [0.3, 0.4) is 0 Å². The van der Waals surface area contributed by atoms with Crippen LogP contribution < -0.4 is 10.6 Å². The number of hydrogen-bond donors (Lipinski definition) is 2. The summed E-state index contributed by atoms with van der Waals surface area (Å²) >= 11 is 2.69. The smallest absolute Gasteiger partial charge is 0.342 e. The van der Waals surface area contributed by atoms with Gasteiger partial charge in [-0.3, -0.25) is 9.59 Å². The summed E-state index contributed by atoms with van der Waals surface area (Å²) in [6.45, 7) is 0.971. The van der Waals surface area contributed by atoms with E-state index in [0.717, 1.165) is 4.88 Å². The van der Waals surface area contributed by atoms with Crippen LogP contribution in [-0.2, 0) is 14.3 Å². The topological polar surface area (TPSA) is 84.5 Å². The average Bonchev–Trinajstić information content (AvgIpc) is 3.19. The van der Waals surface area contributed by atoms with Crippen molar-refractivity contribution in [2.75, 3.05) is 18.5 Å². The van der Waals surface area contributed by atoms with E-state index in [2.05, 4.69) is 16.6 Å². The number of esters is 1. The van der Waals surface area contributed by atoms with Crippen LogP contribution in [0.4, 0.5) is 5.00 Å². The molecule has 2 aromatic rings. The summed E-state index contributed by atoms with van der Waals surface area (Å²) in [5.74, 6) is 0.788. The standard InChI is InChI=1S/C16H14N2O4S2/c1-3-6-17-13(20)8-22-16(21)14-11(12-5-4-7-23-12)9-24-15(14)18-10(2)19/h1,4-5,7,9H,6,8H2,2H3,(H,17,20)(H,18,19). The Morgan fingerprint density at radius 2 is 2.12 bits per heavy atom. The van der Waals surface area contributed by atoms with Crippen molar-refractivity contribution in [2.24, 2.45) is 0 Å². The maximum Gasteiger partial charge on any atom is 0.342 e. The molecule has 0 bridgehead atoms. The second-order valence-electron chi connectivity index (χ2n) is 4.57. The fourth-order valence-corrected chi connectivity index (χ4v) is 3.65. The zero-order valence-corrected chi connectivity index (χ0v) is 14.4. The molecule has 6 nitrogen and oxygen atoms in total. The van der Waals surface area contributed by atoms with E-state index in [1.807, 2.05) is 17.5 Å². The second kappa shape index (κ2) is 8.29. The Balaban J connectivity index is 2.21. The molecule has 0 fully saturated rings. The van der Waals surface area contributed by atoms with Gasteiger partial charge in [-0.05, 0) is 11.4 Å². The molecular formula is C16H14N2O4S2. The first-order chi connectivity index (χ1) is 11.5. The minimum Gasteiger partial charge on any atom is -0.452 e. The molecular weight excluding hydrogens is 348 g/mol. The van der Waals surface area contributed by atoms with Crippen molar-refractivity contribution in [1.82, 2.24) is 5.32 Å². The van der Waals surface area contributed by atoms with Crippen molar-refractivity contribution in [2.45, 2.75) is 6.92 Å². The first-order valence-corrected chi connectivity index (χ1v) is 8.59. The lowest BCUT2D eigenvalue weighted by atomic mass is 10.1. The van der Waals surface area contributed by atoms with Crippen LogP contribution >= 0.6 is 22.7 Å². The van der Waals surface area contributed by atoms with Crippen molar-refractivity contribution < 1.29 is 19.1 Å². The van der Waals surface area contributed by atoms with E-state index in [0.29, 0.717) is 10.6 Å². The molecule has 2 amide bonds. The summed E-state index contributed by atoms with van der Waals surface area (Å²) in [6.07, 6.45) is 5.04. The average molecular weight is 362 g/mol. The van der Waals surface area contributed by atoms with Gasteiger partial charge in [0.2, 0.25) is 5.91 Å². The number of amides is 2. The van der Waals surface area contributed by atoms with Gasteiger partial charge in [-0.1, -0.05) is 12.0 Å². The molecule has 2 aromatic heterocycles. The quantitative estimate of drug-likeness (QED) is 0.610. The van der Waals surface area contributed by atoms with Crippen LogP contribution in [0, 0.1) is 12.3 Å². The van der Waals surface area contributed by atoms with E-state index >= 15 is 0 Å². The zero-order chi connectivity index (χ0) is 17.5. The fourth-order valence-electron chi connectivity index (χ4n) is 1.83. The van der Waals surface area contributed by atoms with E-state index < -0.39 is 18.5 Å². The van der Waals surface area contributed by atoms with Gasteiger partial charge in [0.05, 0.1) is 6.54 Å². The van der Waals surface area contributed by atoms with Crippen LogP contribution in [0.25, 0.3) is 10.4 Å². The first-order valence-electron chi connectivity index (χ1n) is 6.83. The minimum atomic E-state index is -0.681. The Bertz CT molecular complexity index is 788. The minimum absolute atomic E-state index is 0.0619. The fraction of sp³-hybridized carbons (Fsp3) is 0.188. The summed E-state index contributed by atoms with van der Waals surface area (Å²) in [7, 11) is 0. The van der Waals surface area contributed by atoms with E-state index in [4.69, 9.17) is 11.2 Å². The molecule has 8 heteroatoms. The number of nitrogens with one attached hydrogen (secondary N) is 2. The SMILES string of the molecule is C#CCNC(=O)COC(=O)c1c(-c2cccs2)csc1NC(C)=O. The molecule has 0 aliphatic rings. The second-order valence-corrected chi connectivity index (χ2v) is 6.40. The van der Waals surface area contributed by atoms with Gasteiger partial charge in [0, 0.05) is 22.7 Å². The predicted octanol–water partition coefficient (Wildman–Crippen LogP) is 2.34. The van der Waals surface area contributed by atoms with Crippen LogP contribution in [0.1, 0.15) is 17.3 Å². The largest absolute Gasteiger partial charge is 0.452 e. The Morgan fingerprint density at radius 3 is 2.75 bits per heavy atom. The van der Waals surface area contributed by atoms with Gasteiger partial charge < -0.3 is 15.4 Å². The van der Waals surface area contributed by atoms with Crippen molar-refractivity contribution in [3.8, 4) is 22.8 Å². The molecule has 2 N–H and O–H groups in total. The van der Waals surface area contributed by atoms with Crippen molar-refractivity contribution >= 4 is 45.5 Å². The Kier molecular flexibility index (Phi) is 6.12. The number of thiophene rings is 2. The highest BCUT2D eigenvalue weighted by molar-refractivity contribution is 7.17. The van der Waals surface area contributed by atoms with Crippen molar-refractivity contribution in [3.05, 3.63) is 28.5 Å². The van der Waals surface area contributed by atoms with Gasteiger partial charge >= 0.3 is 5.97 Å². The lowest BCUT2D eigenvalue weighted by molar-refractivity contribution is -0.124. The van der Waals surface area contributed by atoms with E-state index in [1.165, 1.54) is 29.6 Å². The molecule has 0 saturated carbocycles. The molecule has 0 radical (unpaired) electrons. The van der Waals surface area contributed by atoms with Crippen LogP contribution in [0.2, 0.25) is 0 Å². The molecule has 0 unspecified atom stereocenters. The number of hydrogen-bond acceptors (Lipinski definition) is 6. The third-order valence-corrected chi connectivity index (χ3v) is 4.59. The zero-order valence-electron chi connectivity index (χ0n) is 12.8. The van der Waals surface area contributed by atoms with E-state index in [1.54, 1.807) is 5.38 Å². The monoisotopic (exact) mass is 362 g/mol. The maximum atomic E-state index is 12.4. The Hall–Kier alpha value is -2.63. The third kappa shape index (κ3) is 4.44.